The molecule has 1 saturated heterocycles. The van der Waals surface area contributed by atoms with E-state index in [-0.39, 0.29) is 4.90 Å². The van der Waals surface area contributed by atoms with Gasteiger partial charge in [-0.2, -0.15) is 0 Å². The maximum atomic E-state index is 14.2. The van der Waals surface area contributed by atoms with Gasteiger partial charge in [-0.3, -0.25) is 0 Å². The van der Waals surface area contributed by atoms with E-state index in [1.54, 1.807) is 24.5 Å². The first-order valence-electron chi connectivity index (χ1n) is 14.8. The number of hydrogen-bond donors (Lipinski definition) is 0. The van der Waals surface area contributed by atoms with Crippen LogP contribution in [-0.2, 0) is 26.0 Å². The predicted octanol–water partition coefficient (Wildman–Crippen LogP) is 8.53. The highest BCUT2D eigenvalue weighted by Gasteiger charge is 2.74. The molecule has 218 valence electrons. The SMILES string of the molecule is Cc1ccc(S(=O)(=O)n2cc(-c3c(C)cccc3C)c(C3(c4ccccc4)OC3(c3ccccc3)c3ccccc3)c2)cc1. The van der Waals surface area contributed by atoms with Crippen molar-refractivity contribution in [1.29, 1.82) is 0 Å². The van der Waals surface area contributed by atoms with Gasteiger partial charge in [-0.05, 0) is 66.3 Å². The summed E-state index contributed by atoms with van der Waals surface area (Å²) in [5.74, 6) is 0. The molecule has 0 N–H and O–H groups in total. The number of ether oxygens (including phenoxy) is 1. The molecule has 1 unspecified atom stereocenters. The molecule has 1 fully saturated rings. The highest BCUT2D eigenvalue weighted by atomic mass is 32.2. The molecule has 7 rings (SSSR count). The van der Waals surface area contributed by atoms with Crippen LogP contribution in [0.25, 0.3) is 11.1 Å². The van der Waals surface area contributed by atoms with Crippen molar-refractivity contribution in [3.05, 3.63) is 185 Å². The zero-order valence-electron chi connectivity index (χ0n) is 24.9. The molecule has 44 heavy (non-hydrogen) atoms. The van der Waals surface area contributed by atoms with Crippen molar-refractivity contribution in [3.63, 3.8) is 0 Å². The van der Waals surface area contributed by atoms with Gasteiger partial charge < -0.3 is 4.74 Å². The summed E-state index contributed by atoms with van der Waals surface area (Å²) >= 11 is 0. The van der Waals surface area contributed by atoms with Crippen molar-refractivity contribution < 1.29 is 13.2 Å². The quantitative estimate of drug-likeness (QED) is 0.174. The lowest BCUT2D eigenvalue weighted by Crippen LogP contribution is -2.25. The smallest absolute Gasteiger partial charge is 0.267 e. The summed E-state index contributed by atoms with van der Waals surface area (Å²) in [6.07, 6.45) is 3.55. The minimum Gasteiger partial charge on any atom is -0.342 e. The minimum absolute atomic E-state index is 0.237. The van der Waals surface area contributed by atoms with Crippen LogP contribution in [0.5, 0.6) is 0 Å². The van der Waals surface area contributed by atoms with Gasteiger partial charge in [-0.15, -0.1) is 0 Å². The molecule has 0 aliphatic carbocycles. The summed E-state index contributed by atoms with van der Waals surface area (Å²) < 4.78 is 37.0. The van der Waals surface area contributed by atoms with Crippen molar-refractivity contribution in [2.75, 3.05) is 0 Å². The maximum Gasteiger partial charge on any atom is 0.267 e. The summed E-state index contributed by atoms with van der Waals surface area (Å²) in [5.41, 5.74) is 6.77. The van der Waals surface area contributed by atoms with Gasteiger partial charge in [0.1, 0.15) is 0 Å². The zero-order valence-corrected chi connectivity index (χ0v) is 25.8. The number of hydrogen-bond acceptors (Lipinski definition) is 3. The van der Waals surface area contributed by atoms with Crippen LogP contribution in [0, 0.1) is 20.8 Å². The van der Waals surface area contributed by atoms with E-state index in [2.05, 4.69) is 62.4 Å². The maximum absolute atomic E-state index is 14.2. The Morgan fingerprint density at radius 3 is 1.52 bits per heavy atom. The van der Waals surface area contributed by atoms with Gasteiger partial charge >= 0.3 is 0 Å². The minimum atomic E-state index is -3.91. The molecule has 5 heteroatoms. The highest BCUT2D eigenvalue weighted by Crippen LogP contribution is 2.70. The fourth-order valence-corrected chi connectivity index (χ4v) is 7.91. The second-order valence-corrected chi connectivity index (χ2v) is 13.4. The molecule has 1 atom stereocenters. The second-order valence-electron chi connectivity index (χ2n) is 11.6. The normalized spacial score (nSPS) is 17.3. The Morgan fingerprint density at radius 1 is 0.545 bits per heavy atom. The molecular weight excluding hydrogens is 563 g/mol. The third kappa shape index (κ3) is 4.19. The Labute approximate surface area is 259 Å². The summed E-state index contributed by atoms with van der Waals surface area (Å²) in [6, 6.07) is 43.8. The second kappa shape index (κ2) is 10.5. The van der Waals surface area contributed by atoms with E-state index in [4.69, 9.17) is 4.74 Å². The Hall–Kier alpha value is -4.71. The third-order valence-electron chi connectivity index (χ3n) is 8.83. The standard InChI is InChI=1S/C39H33NO3S/c1-28-22-24-34(25-23-28)44(41,42)40-26-35(37-29(2)14-13-15-30(37)3)36(27-40)39(33-20-11-6-12-21-33)38(43-39,31-16-7-4-8-17-31)32-18-9-5-10-19-32/h4-27H,1-3H3. The van der Waals surface area contributed by atoms with Gasteiger partial charge in [0, 0.05) is 23.5 Å². The molecule has 5 aromatic carbocycles. The van der Waals surface area contributed by atoms with Crippen LogP contribution < -0.4 is 0 Å². The Morgan fingerprint density at radius 2 is 1.02 bits per heavy atom. The van der Waals surface area contributed by atoms with E-state index in [0.29, 0.717) is 0 Å². The number of nitrogens with zero attached hydrogens (tertiary/aromatic N) is 1. The number of aromatic nitrogens is 1. The molecule has 1 aliphatic heterocycles. The highest BCUT2D eigenvalue weighted by molar-refractivity contribution is 7.90. The first kappa shape index (κ1) is 28.1. The van der Waals surface area contributed by atoms with Crippen LogP contribution in [0.3, 0.4) is 0 Å². The molecule has 6 aromatic rings. The van der Waals surface area contributed by atoms with E-state index in [1.807, 2.05) is 79.7 Å². The van der Waals surface area contributed by atoms with Crippen molar-refractivity contribution in [1.82, 2.24) is 3.97 Å². The molecule has 0 spiro atoms. The van der Waals surface area contributed by atoms with Crippen LogP contribution in [0.15, 0.2) is 151 Å². The Kier molecular flexibility index (Phi) is 6.69. The number of epoxide rings is 1. The number of rotatable bonds is 7. The lowest BCUT2D eigenvalue weighted by atomic mass is 9.72. The van der Waals surface area contributed by atoms with Crippen molar-refractivity contribution >= 4 is 10.0 Å². The third-order valence-corrected chi connectivity index (χ3v) is 10.5. The molecule has 0 radical (unpaired) electrons. The van der Waals surface area contributed by atoms with Crippen molar-refractivity contribution in [3.8, 4) is 11.1 Å². The summed E-state index contributed by atoms with van der Waals surface area (Å²) in [4.78, 5) is 0.237. The molecule has 4 nitrogen and oxygen atoms in total. The van der Waals surface area contributed by atoms with Crippen molar-refractivity contribution in [2.45, 2.75) is 36.9 Å². The Bertz CT molecular complexity index is 2010. The lowest BCUT2D eigenvalue weighted by Gasteiger charge is -2.23. The summed E-state index contributed by atoms with van der Waals surface area (Å²) in [7, 11) is -3.91. The van der Waals surface area contributed by atoms with E-state index < -0.39 is 21.2 Å². The van der Waals surface area contributed by atoms with Crippen LogP contribution >= 0.6 is 0 Å². The average Bonchev–Trinajstić information content (AvgIpc) is 3.57. The van der Waals surface area contributed by atoms with Crippen LogP contribution in [0.4, 0.5) is 0 Å². The van der Waals surface area contributed by atoms with Gasteiger partial charge in [-0.1, -0.05) is 127 Å². The first-order valence-corrected chi connectivity index (χ1v) is 16.2. The average molecular weight is 596 g/mol. The van der Waals surface area contributed by atoms with Gasteiger partial charge in [-0.25, -0.2) is 12.4 Å². The van der Waals surface area contributed by atoms with Crippen LogP contribution in [-0.4, -0.2) is 12.4 Å². The molecule has 1 aliphatic rings. The largest absolute Gasteiger partial charge is 0.342 e. The van der Waals surface area contributed by atoms with Crippen LogP contribution in [0.1, 0.15) is 38.9 Å². The number of aryl methyl sites for hydroxylation is 3. The van der Waals surface area contributed by atoms with Gasteiger partial charge in [0.05, 0.1) is 4.90 Å². The molecule has 0 amide bonds. The van der Waals surface area contributed by atoms with Crippen molar-refractivity contribution in [2.24, 2.45) is 0 Å². The molecule has 0 bridgehead atoms. The predicted molar refractivity (Wildman–Crippen MR) is 175 cm³/mol. The zero-order chi connectivity index (χ0) is 30.5. The summed E-state index contributed by atoms with van der Waals surface area (Å²) in [6.45, 7) is 6.09. The van der Waals surface area contributed by atoms with E-state index >= 15 is 0 Å². The first-order chi connectivity index (χ1) is 21.3. The Balaban J connectivity index is 1.58. The van der Waals surface area contributed by atoms with Crippen LogP contribution in [0.2, 0.25) is 0 Å². The topological polar surface area (TPSA) is 51.6 Å². The monoisotopic (exact) mass is 595 g/mol. The fourth-order valence-electron chi connectivity index (χ4n) is 6.70. The molecule has 2 heterocycles. The van der Waals surface area contributed by atoms with E-state index in [9.17, 15) is 8.42 Å². The van der Waals surface area contributed by atoms with E-state index in [1.165, 1.54) is 3.97 Å². The van der Waals surface area contributed by atoms with Gasteiger partial charge in [0.25, 0.3) is 10.0 Å². The number of benzene rings is 5. The molecular formula is C39H33NO3S. The molecule has 0 saturated carbocycles. The summed E-state index contributed by atoms with van der Waals surface area (Å²) in [5, 5.41) is 0. The fraction of sp³-hybridized carbons (Fsp3) is 0.128. The van der Waals surface area contributed by atoms with Gasteiger partial charge in [0.15, 0.2) is 11.2 Å². The van der Waals surface area contributed by atoms with Gasteiger partial charge in [0.2, 0.25) is 0 Å². The van der Waals surface area contributed by atoms with E-state index in [0.717, 1.165) is 50.1 Å². The molecule has 1 aromatic heterocycles. The lowest BCUT2D eigenvalue weighted by molar-refractivity contribution is 0.300.